The Morgan fingerprint density at radius 3 is 1.92 bits per heavy atom. The molecular weight excluding hydrogens is 501 g/mol. The molecule has 3 aliphatic rings. The average Bonchev–Trinajstić information content (AvgIpc) is 2.91. The first-order valence-electron chi connectivity index (χ1n) is 13.6. The maximum atomic E-state index is 15.1. The van der Waals surface area contributed by atoms with Gasteiger partial charge in [-0.05, 0) is 98.6 Å². The van der Waals surface area contributed by atoms with Crippen LogP contribution in [-0.2, 0) is 9.47 Å². The summed E-state index contributed by atoms with van der Waals surface area (Å²) in [6, 6.07) is 10.8. The van der Waals surface area contributed by atoms with Gasteiger partial charge in [0.2, 0.25) is 0 Å². The molecule has 5 rings (SSSR count). The molecule has 0 bridgehead atoms. The number of halogens is 4. The van der Waals surface area contributed by atoms with E-state index in [9.17, 15) is 4.39 Å². The monoisotopic (exact) mass is 536 g/mol. The van der Waals surface area contributed by atoms with Crippen molar-refractivity contribution in [3.8, 4) is 16.9 Å². The van der Waals surface area contributed by atoms with Crippen LogP contribution < -0.4 is 4.74 Å². The maximum absolute atomic E-state index is 15.1. The number of hydrogen-bond acceptors (Lipinski definition) is 3. The Kier molecular flexibility index (Phi) is 8.37. The van der Waals surface area contributed by atoms with Crippen LogP contribution in [0.4, 0.5) is 13.2 Å². The van der Waals surface area contributed by atoms with Gasteiger partial charge in [0.05, 0.1) is 24.2 Å². The van der Waals surface area contributed by atoms with E-state index in [1.54, 1.807) is 18.2 Å². The van der Waals surface area contributed by atoms with Crippen LogP contribution in [0.3, 0.4) is 0 Å². The summed E-state index contributed by atoms with van der Waals surface area (Å²) in [6.45, 7) is 3.69. The van der Waals surface area contributed by atoms with E-state index in [1.807, 2.05) is 0 Å². The van der Waals surface area contributed by atoms with E-state index in [1.165, 1.54) is 24.3 Å². The Hall–Kier alpha value is -1.76. The SMILES string of the molecule is CC1COC(C2CCC(C3CCC(C(F)(F)Oc4ccc(-c5ccc(Cl)c(F)c5)cc4)CC3)CC2)OC1. The summed E-state index contributed by atoms with van der Waals surface area (Å²) >= 11 is 5.74. The fourth-order valence-electron chi connectivity index (χ4n) is 6.33. The lowest BCUT2D eigenvalue weighted by Crippen LogP contribution is -2.40. The van der Waals surface area contributed by atoms with Crippen LogP contribution in [-0.4, -0.2) is 25.6 Å². The molecule has 2 aliphatic carbocycles. The van der Waals surface area contributed by atoms with Gasteiger partial charge >= 0.3 is 6.11 Å². The van der Waals surface area contributed by atoms with Crippen LogP contribution in [0.15, 0.2) is 42.5 Å². The lowest BCUT2D eigenvalue weighted by Gasteiger charge is -2.41. The molecule has 0 amide bonds. The lowest BCUT2D eigenvalue weighted by atomic mass is 9.69. The molecule has 3 fully saturated rings. The predicted octanol–water partition coefficient (Wildman–Crippen LogP) is 8.74. The second-order valence-corrected chi connectivity index (χ2v) is 11.7. The Morgan fingerprint density at radius 2 is 1.32 bits per heavy atom. The van der Waals surface area contributed by atoms with Gasteiger partial charge in [-0.2, -0.15) is 8.78 Å². The largest absolute Gasteiger partial charge is 0.432 e. The quantitative estimate of drug-likeness (QED) is 0.369. The van der Waals surface area contributed by atoms with Crippen molar-refractivity contribution in [2.45, 2.75) is 70.7 Å². The minimum atomic E-state index is -3.22. The van der Waals surface area contributed by atoms with Gasteiger partial charge in [0.25, 0.3) is 0 Å². The summed E-state index contributed by atoms with van der Waals surface area (Å²) in [7, 11) is 0. The maximum Gasteiger partial charge on any atom is 0.400 e. The molecule has 2 saturated carbocycles. The summed E-state index contributed by atoms with van der Waals surface area (Å²) in [5.74, 6) is 0.866. The van der Waals surface area contributed by atoms with Gasteiger partial charge in [0.1, 0.15) is 11.6 Å². The van der Waals surface area contributed by atoms with Gasteiger partial charge in [-0.25, -0.2) is 4.39 Å². The molecule has 37 heavy (non-hydrogen) atoms. The van der Waals surface area contributed by atoms with Gasteiger partial charge in [-0.3, -0.25) is 0 Å². The summed E-state index contributed by atoms with van der Waals surface area (Å²) in [5, 5.41) is 0.0454. The van der Waals surface area contributed by atoms with Gasteiger partial charge < -0.3 is 14.2 Å². The number of alkyl halides is 2. The number of hydrogen-bond donors (Lipinski definition) is 0. The molecule has 1 aliphatic heterocycles. The van der Waals surface area contributed by atoms with Crippen LogP contribution >= 0.6 is 11.6 Å². The first kappa shape index (κ1) is 26.8. The number of ether oxygens (including phenoxy) is 3. The summed E-state index contributed by atoms with van der Waals surface area (Å²) in [5.41, 5.74) is 1.33. The van der Waals surface area contributed by atoms with Crippen molar-refractivity contribution in [2.24, 2.45) is 29.6 Å². The Morgan fingerprint density at radius 1 is 0.784 bits per heavy atom. The van der Waals surface area contributed by atoms with E-state index in [2.05, 4.69) is 6.92 Å². The van der Waals surface area contributed by atoms with Crippen molar-refractivity contribution in [3.63, 3.8) is 0 Å². The van der Waals surface area contributed by atoms with E-state index < -0.39 is 17.8 Å². The molecule has 0 aromatic heterocycles. The van der Waals surface area contributed by atoms with Gasteiger partial charge in [-0.1, -0.05) is 36.7 Å². The molecule has 3 nitrogen and oxygen atoms in total. The highest BCUT2D eigenvalue weighted by Gasteiger charge is 2.45. The highest BCUT2D eigenvalue weighted by molar-refractivity contribution is 6.30. The first-order chi connectivity index (χ1) is 17.8. The first-order valence-corrected chi connectivity index (χ1v) is 14.0. The highest BCUT2D eigenvalue weighted by atomic mass is 35.5. The normalized spacial score (nSPS) is 31.2. The number of rotatable bonds is 6. The van der Waals surface area contributed by atoms with Crippen molar-refractivity contribution >= 4 is 11.6 Å². The number of benzene rings is 2. The Labute approximate surface area is 222 Å². The minimum absolute atomic E-state index is 0.0454. The van der Waals surface area contributed by atoms with Crippen LogP contribution in [0.5, 0.6) is 5.75 Å². The van der Waals surface area contributed by atoms with Crippen LogP contribution in [0.2, 0.25) is 5.02 Å². The topological polar surface area (TPSA) is 27.7 Å². The van der Waals surface area contributed by atoms with Crippen LogP contribution in [0.25, 0.3) is 11.1 Å². The molecule has 0 N–H and O–H groups in total. The predicted molar refractivity (Wildman–Crippen MR) is 138 cm³/mol. The fourth-order valence-corrected chi connectivity index (χ4v) is 6.45. The minimum Gasteiger partial charge on any atom is -0.432 e. The highest BCUT2D eigenvalue weighted by Crippen LogP contribution is 2.46. The zero-order valence-corrected chi connectivity index (χ0v) is 22.1. The van der Waals surface area contributed by atoms with Crippen molar-refractivity contribution in [2.75, 3.05) is 13.2 Å². The zero-order valence-electron chi connectivity index (χ0n) is 21.3. The molecule has 1 heterocycles. The third-order valence-electron chi connectivity index (χ3n) is 8.57. The third-order valence-corrected chi connectivity index (χ3v) is 8.87. The Balaban J connectivity index is 1.09. The summed E-state index contributed by atoms with van der Waals surface area (Å²) < 4.78 is 60.9. The molecule has 0 unspecified atom stereocenters. The molecule has 1 saturated heterocycles. The molecule has 202 valence electrons. The third kappa shape index (κ3) is 6.46. The fraction of sp³-hybridized carbons (Fsp3) is 0.600. The lowest BCUT2D eigenvalue weighted by molar-refractivity contribution is -0.229. The second kappa shape index (κ2) is 11.5. The van der Waals surface area contributed by atoms with E-state index in [4.69, 9.17) is 25.8 Å². The van der Waals surface area contributed by atoms with Gasteiger partial charge in [-0.15, -0.1) is 0 Å². The smallest absolute Gasteiger partial charge is 0.400 e. The molecule has 2 aromatic carbocycles. The molecule has 7 heteroatoms. The van der Waals surface area contributed by atoms with Crippen molar-refractivity contribution in [1.29, 1.82) is 0 Å². The van der Waals surface area contributed by atoms with Crippen molar-refractivity contribution in [1.82, 2.24) is 0 Å². The summed E-state index contributed by atoms with van der Waals surface area (Å²) in [4.78, 5) is 0. The van der Waals surface area contributed by atoms with E-state index in [-0.39, 0.29) is 17.1 Å². The van der Waals surface area contributed by atoms with Gasteiger partial charge in [0.15, 0.2) is 6.29 Å². The molecular formula is C30H36ClF3O3. The Bertz CT molecular complexity index is 1020. The van der Waals surface area contributed by atoms with Crippen molar-refractivity contribution in [3.05, 3.63) is 53.3 Å². The zero-order chi connectivity index (χ0) is 26.0. The van der Waals surface area contributed by atoms with E-state index in [0.29, 0.717) is 47.6 Å². The van der Waals surface area contributed by atoms with E-state index >= 15 is 8.78 Å². The standard InChI is InChI=1S/C30H36ClF3O3/c1-19-17-35-29(36-18-19)23-4-2-20(3-5-23)21-6-11-25(12-7-21)30(33,34)37-26-13-8-22(9-14-26)24-10-15-27(31)28(32)16-24/h8-10,13-16,19-21,23,25,29H,2-7,11-12,17-18H2,1H3. The molecule has 0 atom stereocenters. The van der Waals surface area contributed by atoms with Crippen molar-refractivity contribution < 1.29 is 27.4 Å². The van der Waals surface area contributed by atoms with E-state index in [0.717, 1.165) is 51.7 Å². The summed E-state index contributed by atoms with van der Waals surface area (Å²) in [6.07, 6.45) is 3.79. The molecule has 0 radical (unpaired) electrons. The molecule has 2 aromatic rings. The van der Waals surface area contributed by atoms with Crippen LogP contribution in [0, 0.1) is 35.4 Å². The second-order valence-electron chi connectivity index (χ2n) is 11.2. The molecule has 0 spiro atoms. The van der Waals surface area contributed by atoms with Gasteiger partial charge in [0, 0.05) is 11.8 Å². The van der Waals surface area contributed by atoms with Crippen LogP contribution in [0.1, 0.15) is 58.3 Å². The average molecular weight is 537 g/mol.